The lowest BCUT2D eigenvalue weighted by Crippen LogP contribution is -2.50. The molecule has 0 aliphatic carbocycles. The van der Waals surface area contributed by atoms with Crippen molar-refractivity contribution in [2.24, 2.45) is 5.41 Å². The maximum Gasteiger partial charge on any atom is 0.383 e. The quantitative estimate of drug-likeness (QED) is 0.556. The van der Waals surface area contributed by atoms with Crippen LogP contribution in [-0.2, 0) is 14.2 Å². The van der Waals surface area contributed by atoms with Crippen molar-refractivity contribution in [2.45, 2.75) is 59.0 Å². The smallest absolute Gasteiger partial charge is 0.383 e. The van der Waals surface area contributed by atoms with E-state index in [1.165, 1.54) is 7.11 Å². The van der Waals surface area contributed by atoms with Gasteiger partial charge in [-0.05, 0) is 71.6 Å². The SMILES string of the molecule is COC(=O)C(C)(C)[C@H](OB1CCCN1C(C)(C)C)c1ccc(N(C)C)cc1. The number of hydrogen-bond acceptors (Lipinski definition) is 5. The van der Waals surface area contributed by atoms with E-state index < -0.39 is 5.41 Å². The molecule has 1 aliphatic rings. The molecule has 0 N–H and O–H groups in total. The van der Waals surface area contributed by atoms with Crippen LogP contribution in [0, 0.1) is 5.41 Å². The van der Waals surface area contributed by atoms with Crippen molar-refractivity contribution in [1.29, 1.82) is 0 Å². The molecule has 2 rings (SSSR count). The summed E-state index contributed by atoms with van der Waals surface area (Å²) < 4.78 is 11.7. The Balaban J connectivity index is 2.37. The van der Waals surface area contributed by atoms with Crippen molar-refractivity contribution in [3.05, 3.63) is 29.8 Å². The predicted molar refractivity (Wildman–Crippen MR) is 112 cm³/mol. The number of rotatable bonds is 6. The fourth-order valence-electron chi connectivity index (χ4n) is 3.78. The summed E-state index contributed by atoms with van der Waals surface area (Å²) in [7, 11) is 5.46. The van der Waals surface area contributed by atoms with Crippen molar-refractivity contribution < 1.29 is 14.2 Å². The molecule has 27 heavy (non-hydrogen) atoms. The number of ether oxygens (including phenoxy) is 1. The highest BCUT2D eigenvalue weighted by molar-refractivity contribution is 6.49. The van der Waals surface area contributed by atoms with E-state index in [1.807, 2.05) is 27.9 Å². The van der Waals surface area contributed by atoms with E-state index >= 15 is 0 Å². The van der Waals surface area contributed by atoms with Gasteiger partial charge in [0.2, 0.25) is 0 Å². The summed E-state index contributed by atoms with van der Waals surface area (Å²) in [6.45, 7) is 11.4. The Morgan fingerprint density at radius 3 is 2.22 bits per heavy atom. The van der Waals surface area contributed by atoms with Crippen molar-refractivity contribution >= 4 is 18.7 Å². The minimum absolute atomic E-state index is 0.00698. The van der Waals surface area contributed by atoms with Crippen molar-refractivity contribution in [1.82, 2.24) is 4.81 Å². The number of hydrogen-bond donors (Lipinski definition) is 0. The third-order valence-corrected chi connectivity index (χ3v) is 5.43. The average Bonchev–Trinajstić information content (AvgIpc) is 3.07. The summed E-state index contributed by atoms with van der Waals surface area (Å²) in [6, 6.07) is 8.24. The van der Waals surface area contributed by atoms with Crippen LogP contribution in [0.4, 0.5) is 5.69 Å². The van der Waals surface area contributed by atoms with E-state index in [-0.39, 0.29) is 24.7 Å². The Kier molecular flexibility index (Phi) is 6.64. The molecule has 0 amide bonds. The Labute approximate surface area is 165 Å². The third-order valence-electron chi connectivity index (χ3n) is 5.43. The lowest BCUT2D eigenvalue weighted by molar-refractivity contribution is -0.157. The molecule has 0 spiro atoms. The molecule has 1 saturated heterocycles. The molecule has 0 bridgehead atoms. The van der Waals surface area contributed by atoms with E-state index in [0.29, 0.717) is 0 Å². The number of methoxy groups -OCH3 is 1. The van der Waals surface area contributed by atoms with Gasteiger partial charge in [-0.3, -0.25) is 4.79 Å². The Morgan fingerprint density at radius 2 is 1.74 bits per heavy atom. The van der Waals surface area contributed by atoms with Crippen LogP contribution in [0.2, 0.25) is 6.32 Å². The highest BCUT2D eigenvalue weighted by Gasteiger charge is 2.45. The number of carbonyl (C=O) groups is 1. The first-order valence-corrected chi connectivity index (χ1v) is 9.76. The summed E-state index contributed by atoms with van der Waals surface area (Å²) in [5.74, 6) is -0.260. The molecule has 150 valence electrons. The Morgan fingerprint density at radius 1 is 1.15 bits per heavy atom. The van der Waals surface area contributed by atoms with Crippen molar-refractivity contribution in [3.8, 4) is 0 Å². The van der Waals surface area contributed by atoms with Crippen LogP contribution >= 0.6 is 0 Å². The van der Waals surface area contributed by atoms with Crippen molar-refractivity contribution in [2.75, 3.05) is 32.6 Å². The molecule has 0 saturated carbocycles. The van der Waals surface area contributed by atoms with E-state index in [4.69, 9.17) is 9.39 Å². The normalized spacial score (nSPS) is 17.1. The number of nitrogens with zero attached hydrogens (tertiary/aromatic N) is 2. The molecule has 0 unspecified atom stereocenters. The van der Waals surface area contributed by atoms with Gasteiger partial charge in [-0.25, -0.2) is 0 Å². The maximum absolute atomic E-state index is 12.6. The molecule has 1 fully saturated rings. The zero-order valence-corrected chi connectivity index (χ0v) is 18.2. The molecule has 1 atom stereocenters. The monoisotopic (exact) mass is 374 g/mol. The van der Waals surface area contributed by atoms with E-state index in [2.05, 4.69) is 54.7 Å². The van der Waals surface area contributed by atoms with Crippen LogP contribution in [0.25, 0.3) is 0 Å². The summed E-state index contributed by atoms with van der Waals surface area (Å²) >= 11 is 0. The molecule has 1 aliphatic heterocycles. The van der Waals surface area contributed by atoms with Gasteiger partial charge in [0.25, 0.3) is 0 Å². The third kappa shape index (κ3) is 4.85. The van der Waals surface area contributed by atoms with Gasteiger partial charge in [0.15, 0.2) is 0 Å². The van der Waals surface area contributed by atoms with Crippen LogP contribution in [0.3, 0.4) is 0 Å². The lowest BCUT2D eigenvalue weighted by atomic mass is 9.73. The molecular formula is C21H35BN2O3. The van der Waals surface area contributed by atoms with Gasteiger partial charge in [-0.15, -0.1) is 0 Å². The van der Waals surface area contributed by atoms with E-state index in [1.54, 1.807) is 0 Å². The number of anilines is 1. The van der Waals surface area contributed by atoms with E-state index in [0.717, 1.165) is 30.5 Å². The topological polar surface area (TPSA) is 42.0 Å². The lowest BCUT2D eigenvalue weighted by Gasteiger charge is -2.40. The molecule has 0 radical (unpaired) electrons. The summed E-state index contributed by atoms with van der Waals surface area (Å²) in [6.07, 6.45) is 1.70. The van der Waals surface area contributed by atoms with Crippen LogP contribution < -0.4 is 4.90 Å². The number of benzene rings is 1. The fraction of sp³-hybridized carbons (Fsp3) is 0.667. The summed E-state index contributed by atoms with van der Waals surface area (Å²) in [5.41, 5.74) is 1.35. The highest BCUT2D eigenvalue weighted by Crippen LogP contribution is 2.41. The molecule has 1 aromatic carbocycles. The minimum Gasteiger partial charge on any atom is -0.469 e. The maximum atomic E-state index is 12.6. The van der Waals surface area contributed by atoms with Crippen LogP contribution in [0.5, 0.6) is 0 Å². The van der Waals surface area contributed by atoms with Gasteiger partial charge < -0.3 is 19.1 Å². The molecule has 1 heterocycles. The highest BCUT2D eigenvalue weighted by atomic mass is 16.5. The van der Waals surface area contributed by atoms with Gasteiger partial charge in [0.1, 0.15) is 0 Å². The second-order valence-electron chi connectivity index (χ2n) is 9.18. The molecule has 1 aromatic rings. The largest absolute Gasteiger partial charge is 0.469 e. The van der Waals surface area contributed by atoms with Gasteiger partial charge in [0, 0.05) is 25.3 Å². The second kappa shape index (κ2) is 8.23. The van der Waals surface area contributed by atoms with Crippen LogP contribution in [0.15, 0.2) is 24.3 Å². The number of esters is 1. The predicted octanol–water partition coefficient (Wildman–Crippen LogP) is 4.00. The number of carbonyl (C=O) groups excluding carboxylic acids is 1. The van der Waals surface area contributed by atoms with Crippen LogP contribution in [0.1, 0.15) is 52.7 Å². The molecule has 6 heteroatoms. The minimum atomic E-state index is -0.791. The van der Waals surface area contributed by atoms with Gasteiger partial charge in [-0.2, -0.15) is 0 Å². The standard InChI is InChI=1S/C21H35BN2O3/c1-20(2,3)24-15-9-14-22(24)27-18(21(4,5)19(25)26-8)16-10-12-17(13-11-16)23(6)7/h10-13,18H,9,14-15H2,1-8H3/t18-/m1/s1. The van der Waals surface area contributed by atoms with Crippen molar-refractivity contribution in [3.63, 3.8) is 0 Å². The second-order valence-corrected chi connectivity index (χ2v) is 9.18. The Hall–Kier alpha value is -1.53. The van der Waals surface area contributed by atoms with Gasteiger partial charge in [-0.1, -0.05) is 12.1 Å². The first kappa shape index (κ1) is 21.8. The Bertz CT molecular complexity index is 638. The summed E-state index contributed by atoms with van der Waals surface area (Å²) in [5, 5.41) is 0. The molecule has 0 aromatic heterocycles. The van der Waals surface area contributed by atoms with Gasteiger partial charge >= 0.3 is 13.0 Å². The first-order chi connectivity index (χ1) is 12.5. The van der Waals surface area contributed by atoms with Crippen LogP contribution in [-0.4, -0.2) is 51.1 Å². The zero-order chi connectivity index (χ0) is 20.4. The van der Waals surface area contributed by atoms with Gasteiger partial charge in [0.05, 0.1) is 18.6 Å². The van der Waals surface area contributed by atoms with E-state index in [9.17, 15) is 4.79 Å². The average molecular weight is 374 g/mol. The summed E-state index contributed by atoms with van der Waals surface area (Å²) in [4.78, 5) is 17.0. The first-order valence-electron chi connectivity index (χ1n) is 9.76. The fourth-order valence-corrected chi connectivity index (χ4v) is 3.78. The molecular weight excluding hydrogens is 339 g/mol. The zero-order valence-electron chi connectivity index (χ0n) is 18.2. The molecule has 5 nitrogen and oxygen atoms in total.